The van der Waals surface area contributed by atoms with E-state index in [4.69, 9.17) is 27.7 Å². The predicted octanol–water partition coefficient (Wildman–Crippen LogP) is 9.52. The molecule has 0 aromatic heterocycles. The quantitative estimate of drug-likeness (QED) is 0.123. The maximum Gasteiger partial charge on any atom is 0.185 e. The van der Waals surface area contributed by atoms with Gasteiger partial charge in [-0.2, -0.15) is 0 Å². The summed E-state index contributed by atoms with van der Waals surface area (Å²) in [6.45, 7) is 33.7. The monoisotopic (exact) mass is 683 g/mol. The Morgan fingerprint density at radius 1 is 0.750 bits per heavy atom. The average Bonchev–Trinajstić information content (AvgIpc) is 3.10. The van der Waals surface area contributed by atoms with Gasteiger partial charge in [-0.05, 0) is 159 Å². The highest BCUT2D eigenvalue weighted by Crippen LogP contribution is 2.70. The fraction of sp³-hybridized carbons (Fsp3) is 0.971. The highest BCUT2D eigenvalue weighted by molar-refractivity contribution is 6.71. The van der Waals surface area contributed by atoms with E-state index in [1.165, 1.54) is 38.5 Å². The number of rotatable bonds is 11. The number of hydrogen-bond acceptors (Lipinski definition) is 6. The Labute approximate surface area is 275 Å². The van der Waals surface area contributed by atoms with Crippen molar-refractivity contribution in [2.75, 3.05) is 13.7 Å². The number of hydrogen-bond donors (Lipinski definition) is 0. The van der Waals surface area contributed by atoms with E-state index < -0.39 is 38.9 Å². The molecule has 0 heterocycles. The fourth-order valence-corrected chi connectivity index (χ4v) is 14.7. The van der Waals surface area contributed by atoms with Gasteiger partial charge in [0.15, 0.2) is 33.3 Å². The zero-order chi connectivity index (χ0) is 33.1. The van der Waals surface area contributed by atoms with Crippen LogP contribution in [-0.2, 0) is 22.5 Å². The number of fused-ring (bicyclic) bond motifs is 5. The summed E-state index contributed by atoms with van der Waals surface area (Å²) in [4.78, 5) is 5.62. The van der Waals surface area contributed by atoms with Crippen LogP contribution >= 0.6 is 0 Å². The van der Waals surface area contributed by atoms with Crippen molar-refractivity contribution in [2.24, 2.45) is 39.7 Å². The van der Waals surface area contributed by atoms with Gasteiger partial charge in [0.1, 0.15) is 18.4 Å². The molecule has 0 aliphatic heterocycles. The second kappa shape index (κ2) is 12.6. The van der Waals surface area contributed by atoms with Crippen LogP contribution in [0.2, 0.25) is 78.6 Å². The maximum absolute atomic E-state index is 7.50. The summed E-state index contributed by atoms with van der Waals surface area (Å²) in [6.07, 6.45) is 10.2. The molecule has 0 amide bonds. The summed E-state index contributed by atoms with van der Waals surface area (Å²) < 4.78 is 28.2. The fourth-order valence-electron chi connectivity index (χ4n) is 10.3. The minimum atomic E-state index is -1.99. The van der Waals surface area contributed by atoms with Crippen molar-refractivity contribution in [3.05, 3.63) is 0 Å². The Morgan fingerprint density at radius 2 is 1.39 bits per heavy atom. The molecule has 0 bridgehead atoms. The molecule has 0 aromatic carbocycles. The topological polar surface area (TPSA) is 58.5 Å². The second-order valence-corrected chi connectivity index (χ2v) is 37.2. The largest absolute Gasteiger partial charge is 0.415 e. The van der Waals surface area contributed by atoms with Gasteiger partial charge in [0.05, 0.1) is 6.61 Å². The van der Waals surface area contributed by atoms with E-state index >= 15 is 0 Å². The first kappa shape index (κ1) is 37.0. The van der Waals surface area contributed by atoms with Crippen molar-refractivity contribution in [1.29, 1.82) is 0 Å². The van der Waals surface area contributed by atoms with Gasteiger partial charge in [-0.25, -0.2) is 0 Å². The molecule has 0 saturated heterocycles. The van der Waals surface area contributed by atoms with E-state index in [2.05, 4.69) is 92.4 Å². The predicted molar refractivity (Wildman–Crippen MR) is 194 cm³/mol. The number of nitrogens with zero attached hydrogens (tertiary/aromatic N) is 1. The molecular formula is C34H69NO5Si4. The second-order valence-electron chi connectivity index (χ2n) is 19.3. The van der Waals surface area contributed by atoms with Crippen LogP contribution in [0.15, 0.2) is 5.16 Å². The lowest BCUT2D eigenvalue weighted by Gasteiger charge is -2.65. The molecular weight excluding hydrogens is 615 g/mol. The van der Waals surface area contributed by atoms with Crippen molar-refractivity contribution in [2.45, 2.75) is 162 Å². The van der Waals surface area contributed by atoms with Crippen LogP contribution in [0.4, 0.5) is 0 Å². The third-order valence-corrected chi connectivity index (χ3v) is 15.5. The van der Waals surface area contributed by atoms with Gasteiger partial charge in [0.2, 0.25) is 0 Å². The molecule has 0 spiro atoms. The summed E-state index contributed by atoms with van der Waals surface area (Å²) in [5.74, 6) is 2.52. The molecule has 256 valence electrons. The van der Waals surface area contributed by atoms with E-state index in [9.17, 15) is 0 Å². The van der Waals surface area contributed by atoms with E-state index in [0.29, 0.717) is 35.9 Å². The minimum Gasteiger partial charge on any atom is -0.415 e. The SMILES string of the molecule is CO/N=C(\CO[Si](C)(C)C)[C@@]1(O[Si](C)(C)C)CCC2C3CC[C@H]4C[C@H](O[Si](C)(C)C)CCC4(C)C3C(O[Si](C)(C)C)CC21C. The molecule has 0 N–H and O–H groups in total. The summed E-state index contributed by atoms with van der Waals surface area (Å²) in [5.41, 5.74) is 0.678. The van der Waals surface area contributed by atoms with Gasteiger partial charge in [-0.3, -0.25) is 0 Å². The Morgan fingerprint density at radius 3 is 1.93 bits per heavy atom. The molecule has 4 aliphatic rings. The van der Waals surface area contributed by atoms with Gasteiger partial charge >= 0.3 is 0 Å². The first-order valence-electron chi connectivity index (χ1n) is 17.7. The van der Waals surface area contributed by atoms with Gasteiger partial charge in [-0.15, -0.1) is 0 Å². The highest BCUT2D eigenvalue weighted by Gasteiger charge is 2.70. The average molecular weight is 684 g/mol. The molecule has 4 aliphatic carbocycles. The molecule has 0 aromatic rings. The summed E-state index contributed by atoms with van der Waals surface area (Å²) >= 11 is 0. The van der Waals surface area contributed by atoms with Crippen molar-refractivity contribution in [3.8, 4) is 0 Å². The van der Waals surface area contributed by atoms with Gasteiger partial charge in [0.25, 0.3) is 0 Å². The minimum absolute atomic E-state index is 0.0970. The van der Waals surface area contributed by atoms with E-state index in [1.54, 1.807) is 7.11 Å². The Balaban J connectivity index is 1.78. The molecule has 4 saturated carbocycles. The third kappa shape index (κ3) is 7.73. The lowest BCUT2D eigenvalue weighted by atomic mass is 9.43. The summed E-state index contributed by atoms with van der Waals surface area (Å²) in [5, 5.41) is 4.79. The lowest BCUT2D eigenvalue weighted by molar-refractivity contribution is -0.183. The van der Waals surface area contributed by atoms with Crippen LogP contribution in [0, 0.1) is 34.5 Å². The van der Waals surface area contributed by atoms with Crippen LogP contribution in [0.1, 0.15) is 65.2 Å². The lowest BCUT2D eigenvalue weighted by Crippen LogP contribution is -2.66. The molecule has 4 rings (SSSR count). The molecule has 44 heavy (non-hydrogen) atoms. The smallest absolute Gasteiger partial charge is 0.185 e. The Bertz CT molecular complexity index is 1050. The van der Waals surface area contributed by atoms with E-state index in [1.807, 2.05) is 0 Å². The molecule has 6 nitrogen and oxygen atoms in total. The van der Waals surface area contributed by atoms with Gasteiger partial charge < -0.3 is 22.5 Å². The first-order valence-corrected chi connectivity index (χ1v) is 31.4. The van der Waals surface area contributed by atoms with E-state index in [-0.39, 0.29) is 11.5 Å². The summed E-state index contributed by atoms with van der Waals surface area (Å²) in [6, 6.07) is 0. The maximum atomic E-state index is 7.50. The van der Waals surface area contributed by atoms with Gasteiger partial charge in [0, 0.05) is 17.6 Å². The van der Waals surface area contributed by atoms with Crippen molar-refractivity contribution in [3.63, 3.8) is 0 Å². The van der Waals surface area contributed by atoms with Crippen molar-refractivity contribution < 1.29 is 22.5 Å². The standard InChI is InChI=1S/C34H69NO5Si4/c1-32-20-18-26(38-42(7,8)9)22-25(32)16-17-27-28-19-21-34(40-44(13,14)15,30(35-36-3)24-37-41(4,5)6)33(28,2)23-29(31(27)32)39-43(10,11)12/h25-29,31H,16-24H2,1-15H3/b35-30+/t25-,26+,27?,28?,29?,31?,32?,33?,34-/m0/s1. The van der Waals surface area contributed by atoms with Crippen LogP contribution in [0.25, 0.3) is 0 Å². The van der Waals surface area contributed by atoms with Crippen LogP contribution in [0.3, 0.4) is 0 Å². The zero-order valence-corrected chi connectivity index (χ0v) is 35.3. The van der Waals surface area contributed by atoms with Crippen LogP contribution in [-0.4, -0.2) is 70.5 Å². The molecule has 9 atom stereocenters. The first-order chi connectivity index (χ1) is 19.9. The zero-order valence-electron chi connectivity index (χ0n) is 31.3. The number of oxime groups is 1. The Hall–Kier alpha value is 0.178. The van der Waals surface area contributed by atoms with Crippen molar-refractivity contribution >= 4 is 39.0 Å². The summed E-state index contributed by atoms with van der Waals surface area (Å²) in [7, 11) is -5.49. The molecule has 4 fully saturated rings. The van der Waals surface area contributed by atoms with Crippen LogP contribution < -0.4 is 0 Å². The normalized spacial score (nSPS) is 40.3. The van der Waals surface area contributed by atoms with Gasteiger partial charge in [-0.1, -0.05) is 19.0 Å². The molecule has 6 unspecified atom stereocenters. The van der Waals surface area contributed by atoms with E-state index in [0.717, 1.165) is 24.5 Å². The highest BCUT2D eigenvalue weighted by atomic mass is 28.4. The van der Waals surface area contributed by atoms with Crippen molar-refractivity contribution in [1.82, 2.24) is 0 Å². The molecule has 10 heteroatoms. The Kier molecular flexibility index (Phi) is 10.6. The molecule has 0 radical (unpaired) electrons. The van der Waals surface area contributed by atoms with Crippen LogP contribution in [0.5, 0.6) is 0 Å². The third-order valence-electron chi connectivity index (χ3n) is 11.5.